The summed E-state index contributed by atoms with van der Waals surface area (Å²) in [5.41, 5.74) is 3.04. The quantitative estimate of drug-likeness (QED) is 0.861. The van der Waals surface area contributed by atoms with E-state index in [0.29, 0.717) is 17.8 Å². The molecule has 0 spiro atoms. The van der Waals surface area contributed by atoms with Gasteiger partial charge in [0.05, 0.1) is 12.5 Å². The predicted octanol–water partition coefficient (Wildman–Crippen LogP) is 3.90. The Morgan fingerprint density at radius 2 is 1.92 bits per heavy atom. The molecule has 5 nitrogen and oxygen atoms in total. The van der Waals surface area contributed by atoms with E-state index >= 15 is 0 Å². The Labute approximate surface area is 153 Å². The Bertz CT molecular complexity index is 848. The molecule has 0 unspecified atom stereocenters. The maximum atomic E-state index is 12.9. The lowest BCUT2D eigenvalue weighted by Crippen LogP contribution is -2.31. The first-order chi connectivity index (χ1) is 12.6. The van der Waals surface area contributed by atoms with Gasteiger partial charge in [-0.3, -0.25) is 9.59 Å². The van der Waals surface area contributed by atoms with E-state index in [1.54, 1.807) is 29.2 Å². The number of nitrogens with one attached hydrogen (secondary N) is 1. The van der Waals surface area contributed by atoms with Crippen molar-refractivity contribution in [2.75, 3.05) is 16.8 Å². The summed E-state index contributed by atoms with van der Waals surface area (Å²) in [6.45, 7) is 2.30. The van der Waals surface area contributed by atoms with Crippen molar-refractivity contribution in [3.05, 3.63) is 59.7 Å². The van der Waals surface area contributed by atoms with Crippen LogP contribution in [0.15, 0.2) is 48.5 Å². The number of carbonyl (C=O) groups excluding carboxylic acids is 2. The summed E-state index contributed by atoms with van der Waals surface area (Å²) in [4.78, 5) is 26.4. The first-order valence-electron chi connectivity index (χ1n) is 8.75. The van der Waals surface area contributed by atoms with Gasteiger partial charge in [-0.2, -0.15) is 5.26 Å². The van der Waals surface area contributed by atoms with Crippen LogP contribution in [0.5, 0.6) is 0 Å². The van der Waals surface area contributed by atoms with Crippen LogP contribution >= 0.6 is 0 Å². The number of nitriles is 1. The van der Waals surface area contributed by atoms with Gasteiger partial charge < -0.3 is 10.2 Å². The summed E-state index contributed by atoms with van der Waals surface area (Å²) in [5.74, 6) is 0.0181. The van der Waals surface area contributed by atoms with E-state index < -0.39 is 0 Å². The number of aryl methyl sites for hydroxylation is 1. The summed E-state index contributed by atoms with van der Waals surface area (Å²) in [5, 5.41) is 11.8. The van der Waals surface area contributed by atoms with Gasteiger partial charge in [0, 0.05) is 29.4 Å². The summed E-state index contributed by atoms with van der Waals surface area (Å²) in [7, 11) is 0. The van der Waals surface area contributed by atoms with E-state index in [2.05, 4.69) is 11.4 Å². The van der Waals surface area contributed by atoms with E-state index in [1.807, 2.05) is 31.2 Å². The lowest BCUT2D eigenvalue weighted by molar-refractivity contribution is -0.117. The zero-order valence-electron chi connectivity index (χ0n) is 14.7. The number of carbonyl (C=O) groups is 2. The average Bonchev–Trinajstić information content (AvgIpc) is 3.48. The first kappa shape index (κ1) is 17.7. The molecule has 0 aromatic heterocycles. The van der Waals surface area contributed by atoms with E-state index in [1.165, 1.54) is 0 Å². The third-order valence-electron chi connectivity index (χ3n) is 4.35. The largest absolute Gasteiger partial charge is 0.326 e. The third kappa shape index (κ3) is 4.28. The van der Waals surface area contributed by atoms with Gasteiger partial charge >= 0.3 is 0 Å². The molecule has 2 aromatic rings. The van der Waals surface area contributed by atoms with Crippen LogP contribution in [0.4, 0.5) is 11.4 Å². The van der Waals surface area contributed by atoms with Crippen molar-refractivity contribution < 1.29 is 9.59 Å². The van der Waals surface area contributed by atoms with Crippen LogP contribution in [0, 0.1) is 24.2 Å². The Morgan fingerprint density at radius 3 is 2.54 bits per heavy atom. The summed E-state index contributed by atoms with van der Waals surface area (Å²) in [6.07, 6.45) is 2.16. The minimum absolute atomic E-state index is 0.0412. The number of rotatable bonds is 6. The van der Waals surface area contributed by atoms with Crippen molar-refractivity contribution in [3.63, 3.8) is 0 Å². The maximum Gasteiger partial charge on any atom is 0.258 e. The maximum absolute atomic E-state index is 12.9. The molecule has 0 bridgehead atoms. The summed E-state index contributed by atoms with van der Waals surface area (Å²) < 4.78 is 0. The summed E-state index contributed by atoms with van der Waals surface area (Å²) >= 11 is 0. The van der Waals surface area contributed by atoms with E-state index in [4.69, 9.17) is 5.26 Å². The van der Waals surface area contributed by atoms with Crippen LogP contribution < -0.4 is 10.2 Å². The highest BCUT2D eigenvalue weighted by Crippen LogP contribution is 2.30. The topological polar surface area (TPSA) is 73.2 Å². The molecule has 0 heterocycles. The normalized spacial score (nSPS) is 12.9. The smallest absolute Gasteiger partial charge is 0.258 e. The molecule has 132 valence electrons. The molecular formula is C21H21N3O2. The van der Waals surface area contributed by atoms with Crippen molar-refractivity contribution in [2.45, 2.75) is 26.2 Å². The molecule has 0 saturated heterocycles. The van der Waals surface area contributed by atoms with Gasteiger partial charge in [-0.1, -0.05) is 12.1 Å². The van der Waals surface area contributed by atoms with Crippen LogP contribution in [0.3, 0.4) is 0 Å². The Kier molecular flexibility index (Phi) is 5.33. The van der Waals surface area contributed by atoms with Crippen molar-refractivity contribution in [3.8, 4) is 6.07 Å². The minimum atomic E-state index is -0.161. The second-order valence-electron chi connectivity index (χ2n) is 6.54. The van der Waals surface area contributed by atoms with Gasteiger partial charge in [-0.15, -0.1) is 0 Å². The first-order valence-corrected chi connectivity index (χ1v) is 8.75. The van der Waals surface area contributed by atoms with E-state index in [0.717, 1.165) is 24.1 Å². The average molecular weight is 347 g/mol. The van der Waals surface area contributed by atoms with E-state index in [9.17, 15) is 9.59 Å². The molecule has 2 amide bonds. The number of anilines is 2. The van der Waals surface area contributed by atoms with Crippen molar-refractivity contribution in [1.29, 1.82) is 5.26 Å². The third-order valence-corrected chi connectivity index (χ3v) is 4.35. The molecule has 26 heavy (non-hydrogen) atoms. The summed E-state index contributed by atoms with van der Waals surface area (Å²) in [6, 6.07) is 16.7. The van der Waals surface area contributed by atoms with Gasteiger partial charge in [0.1, 0.15) is 0 Å². The highest BCUT2D eigenvalue weighted by atomic mass is 16.2. The number of nitrogens with zero attached hydrogens (tertiary/aromatic N) is 2. The molecular weight excluding hydrogens is 326 g/mol. The molecule has 1 aliphatic rings. The van der Waals surface area contributed by atoms with Gasteiger partial charge in [0.25, 0.3) is 5.91 Å². The monoisotopic (exact) mass is 347 g/mol. The fourth-order valence-corrected chi connectivity index (χ4v) is 2.75. The fraction of sp³-hybridized carbons (Fsp3) is 0.286. The lowest BCUT2D eigenvalue weighted by atomic mass is 10.1. The van der Waals surface area contributed by atoms with Crippen LogP contribution in [0.1, 0.15) is 35.2 Å². The number of hydrogen-bond acceptors (Lipinski definition) is 3. The van der Waals surface area contributed by atoms with Crippen LogP contribution in [0.25, 0.3) is 0 Å². The molecule has 0 atom stereocenters. The van der Waals surface area contributed by atoms with Crippen molar-refractivity contribution in [2.24, 2.45) is 5.92 Å². The van der Waals surface area contributed by atoms with Crippen LogP contribution in [-0.2, 0) is 4.79 Å². The highest BCUT2D eigenvalue weighted by Gasteiger charge is 2.29. The molecule has 3 rings (SSSR count). The number of hydrogen-bond donors (Lipinski definition) is 1. The minimum Gasteiger partial charge on any atom is -0.326 e. The molecule has 2 aromatic carbocycles. The van der Waals surface area contributed by atoms with Crippen molar-refractivity contribution in [1.82, 2.24) is 0 Å². The van der Waals surface area contributed by atoms with Gasteiger partial charge in [-0.05, 0) is 61.7 Å². The van der Waals surface area contributed by atoms with Gasteiger partial charge in [0.15, 0.2) is 0 Å². The van der Waals surface area contributed by atoms with Gasteiger partial charge in [0.2, 0.25) is 5.91 Å². The Hall–Kier alpha value is -3.13. The highest BCUT2D eigenvalue weighted by molar-refractivity contribution is 6.06. The molecule has 0 radical (unpaired) electrons. The SMILES string of the molecule is Cc1cccc(N(CCC#N)C(=O)c2ccc(NC(=O)C3CC3)cc2)c1. The molecule has 1 saturated carbocycles. The Morgan fingerprint density at radius 1 is 1.19 bits per heavy atom. The second kappa shape index (κ2) is 7.83. The fourth-order valence-electron chi connectivity index (χ4n) is 2.75. The van der Waals surface area contributed by atoms with Crippen LogP contribution in [-0.4, -0.2) is 18.4 Å². The predicted molar refractivity (Wildman–Crippen MR) is 101 cm³/mol. The molecule has 1 N–H and O–H groups in total. The van der Waals surface area contributed by atoms with Crippen molar-refractivity contribution >= 4 is 23.2 Å². The molecule has 0 aliphatic heterocycles. The molecule has 1 aliphatic carbocycles. The van der Waals surface area contributed by atoms with E-state index in [-0.39, 0.29) is 24.2 Å². The second-order valence-corrected chi connectivity index (χ2v) is 6.54. The molecule has 5 heteroatoms. The Balaban J connectivity index is 1.77. The number of amides is 2. The lowest BCUT2D eigenvalue weighted by Gasteiger charge is -2.22. The molecule has 1 fully saturated rings. The number of benzene rings is 2. The zero-order chi connectivity index (χ0) is 18.5. The van der Waals surface area contributed by atoms with Crippen LogP contribution in [0.2, 0.25) is 0 Å². The standard InChI is InChI=1S/C21H21N3O2/c1-15-4-2-5-19(14-15)24(13-3-12-22)21(26)17-8-10-18(11-9-17)23-20(25)16-6-7-16/h2,4-5,8-11,14,16H,3,6-7,13H2,1H3,(H,23,25). The zero-order valence-corrected chi connectivity index (χ0v) is 14.7. The van der Waals surface area contributed by atoms with Gasteiger partial charge in [-0.25, -0.2) is 0 Å².